The van der Waals surface area contributed by atoms with Gasteiger partial charge in [0, 0.05) is 55.5 Å². The number of benzene rings is 2. The first-order valence-corrected chi connectivity index (χ1v) is 9.28. The molecule has 0 unspecified atom stereocenters. The van der Waals surface area contributed by atoms with Gasteiger partial charge in [0.2, 0.25) is 0 Å². The summed E-state index contributed by atoms with van der Waals surface area (Å²) in [4.78, 5) is 31.6. The predicted molar refractivity (Wildman–Crippen MR) is 108 cm³/mol. The van der Waals surface area contributed by atoms with Gasteiger partial charge in [-0.3, -0.25) is 19.9 Å². The normalized spacial score (nSPS) is 14.3. The van der Waals surface area contributed by atoms with E-state index in [9.17, 15) is 19.3 Å². The summed E-state index contributed by atoms with van der Waals surface area (Å²) in [6.45, 7) is 4.10. The van der Waals surface area contributed by atoms with Crippen LogP contribution in [0.25, 0.3) is 10.9 Å². The molecule has 0 atom stereocenters. The van der Waals surface area contributed by atoms with Gasteiger partial charge < -0.3 is 9.80 Å². The van der Waals surface area contributed by atoms with E-state index >= 15 is 0 Å². The molecule has 29 heavy (non-hydrogen) atoms. The maximum atomic E-state index is 13.4. The third-order valence-corrected chi connectivity index (χ3v) is 5.19. The molecule has 1 amide bonds. The Balaban J connectivity index is 1.47. The summed E-state index contributed by atoms with van der Waals surface area (Å²) >= 11 is 0. The summed E-state index contributed by atoms with van der Waals surface area (Å²) in [7, 11) is 0. The fourth-order valence-corrected chi connectivity index (χ4v) is 3.58. The van der Waals surface area contributed by atoms with E-state index < -0.39 is 4.92 Å². The van der Waals surface area contributed by atoms with Crippen LogP contribution in [0.1, 0.15) is 16.1 Å². The van der Waals surface area contributed by atoms with Crippen LogP contribution in [0.3, 0.4) is 0 Å². The second-order valence-corrected chi connectivity index (χ2v) is 7.01. The fraction of sp³-hybridized carbons (Fsp3) is 0.238. The Morgan fingerprint density at radius 2 is 1.76 bits per heavy atom. The number of nitro groups is 1. The zero-order valence-electron chi connectivity index (χ0n) is 15.8. The van der Waals surface area contributed by atoms with Crippen LogP contribution in [-0.4, -0.2) is 46.9 Å². The number of non-ortho nitro benzene ring substituents is 1. The minimum Gasteiger partial charge on any atom is -0.368 e. The lowest BCUT2D eigenvalue weighted by Crippen LogP contribution is -2.49. The Hall–Kier alpha value is -3.55. The predicted octanol–water partition coefficient (Wildman–Crippen LogP) is 3.55. The van der Waals surface area contributed by atoms with Crippen molar-refractivity contribution in [1.82, 2.24) is 9.88 Å². The second-order valence-electron chi connectivity index (χ2n) is 7.01. The summed E-state index contributed by atoms with van der Waals surface area (Å²) in [6.07, 6.45) is 0. The van der Waals surface area contributed by atoms with E-state index in [0.717, 1.165) is 11.1 Å². The minimum atomic E-state index is -0.422. The number of rotatable bonds is 3. The van der Waals surface area contributed by atoms with Crippen molar-refractivity contribution in [3.05, 3.63) is 75.7 Å². The number of nitro benzene ring substituents is 1. The van der Waals surface area contributed by atoms with Crippen LogP contribution in [0, 0.1) is 22.9 Å². The van der Waals surface area contributed by atoms with Gasteiger partial charge in [-0.2, -0.15) is 0 Å². The standard InChI is InChI=1S/C21H19FN4O3/c1-14-19(12-15-2-3-16(22)13-20(15)23-14)21(27)25-10-8-24(9-11-25)17-4-6-18(7-5-17)26(28)29/h2-7,12-13H,8-11H2,1H3. The van der Waals surface area contributed by atoms with E-state index in [1.54, 1.807) is 36.1 Å². The van der Waals surface area contributed by atoms with Crippen molar-refractivity contribution in [2.45, 2.75) is 6.92 Å². The molecule has 1 fully saturated rings. The first-order chi connectivity index (χ1) is 13.9. The number of halogens is 1. The molecule has 8 heteroatoms. The average molecular weight is 394 g/mol. The van der Waals surface area contributed by atoms with Crippen molar-refractivity contribution >= 4 is 28.2 Å². The number of carbonyl (C=O) groups is 1. The third kappa shape index (κ3) is 3.73. The van der Waals surface area contributed by atoms with Gasteiger partial charge >= 0.3 is 0 Å². The van der Waals surface area contributed by atoms with Gasteiger partial charge in [-0.1, -0.05) is 0 Å². The molecule has 4 rings (SSSR count). The minimum absolute atomic E-state index is 0.0572. The number of amides is 1. The first-order valence-electron chi connectivity index (χ1n) is 9.28. The monoisotopic (exact) mass is 394 g/mol. The number of hydrogen-bond acceptors (Lipinski definition) is 5. The summed E-state index contributed by atoms with van der Waals surface area (Å²) < 4.78 is 13.4. The molecule has 0 aliphatic carbocycles. The topological polar surface area (TPSA) is 79.6 Å². The highest BCUT2D eigenvalue weighted by Gasteiger charge is 2.24. The Morgan fingerprint density at radius 3 is 2.41 bits per heavy atom. The lowest BCUT2D eigenvalue weighted by Gasteiger charge is -2.36. The lowest BCUT2D eigenvalue weighted by atomic mass is 10.1. The maximum absolute atomic E-state index is 13.4. The molecule has 0 saturated carbocycles. The van der Waals surface area contributed by atoms with Crippen LogP contribution in [0.15, 0.2) is 48.5 Å². The number of nitrogens with zero attached hydrogens (tertiary/aromatic N) is 4. The highest BCUT2D eigenvalue weighted by Crippen LogP contribution is 2.23. The average Bonchev–Trinajstić information content (AvgIpc) is 2.73. The zero-order chi connectivity index (χ0) is 20.5. The third-order valence-electron chi connectivity index (χ3n) is 5.19. The van der Waals surface area contributed by atoms with Crippen molar-refractivity contribution in [3.8, 4) is 0 Å². The van der Waals surface area contributed by atoms with E-state index in [1.807, 2.05) is 0 Å². The van der Waals surface area contributed by atoms with E-state index in [0.29, 0.717) is 43.0 Å². The van der Waals surface area contributed by atoms with Gasteiger partial charge in [0.25, 0.3) is 11.6 Å². The molecule has 2 heterocycles. The zero-order valence-corrected chi connectivity index (χ0v) is 15.8. The fourth-order valence-electron chi connectivity index (χ4n) is 3.58. The molecule has 1 saturated heterocycles. The lowest BCUT2D eigenvalue weighted by molar-refractivity contribution is -0.384. The van der Waals surface area contributed by atoms with Crippen molar-refractivity contribution in [2.24, 2.45) is 0 Å². The molecule has 148 valence electrons. The van der Waals surface area contributed by atoms with Gasteiger partial charge in [0.1, 0.15) is 5.82 Å². The van der Waals surface area contributed by atoms with Crippen LogP contribution in [0.4, 0.5) is 15.8 Å². The van der Waals surface area contributed by atoms with Crippen LogP contribution in [-0.2, 0) is 0 Å². The van der Waals surface area contributed by atoms with Crippen molar-refractivity contribution in [1.29, 1.82) is 0 Å². The summed E-state index contributed by atoms with van der Waals surface area (Å²) in [5.41, 5.74) is 2.58. The molecule has 0 bridgehead atoms. The summed E-state index contributed by atoms with van der Waals surface area (Å²) in [5, 5.41) is 11.5. The smallest absolute Gasteiger partial charge is 0.269 e. The molecule has 1 aliphatic heterocycles. The van der Waals surface area contributed by atoms with E-state index in [-0.39, 0.29) is 17.4 Å². The summed E-state index contributed by atoms with van der Waals surface area (Å²) in [6, 6.07) is 12.5. The van der Waals surface area contributed by atoms with Gasteiger partial charge in [-0.05, 0) is 37.3 Å². The maximum Gasteiger partial charge on any atom is 0.269 e. The number of pyridine rings is 1. The van der Waals surface area contributed by atoms with Crippen molar-refractivity contribution in [3.63, 3.8) is 0 Å². The molecule has 1 aromatic heterocycles. The molecule has 2 aromatic carbocycles. The molecule has 7 nitrogen and oxygen atoms in total. The number of fused-ring (bicyclic) bond motifs is 1. The molecule has 0 spiro atoms. The van der Waals surface area contributed by atoms with Gasteiger partial charge in [-0.25, -0.2) is 4.39 Å². The van der Waals surface area contributed by atoms with Gasteiger partial charge in [0.05, 0.1) is 21.7 Å². The van der Waals surface area contributed by atoms with E-state index in [2.05, 4.69) is 9.88 Å². The first kappa shape index (κ1) is 18.8. The Morgan fingerprint density at radius 1 is 1.07 bits per heavy atom. The molecule has 1 aliphatic rings. The summed E-state index contributed by atoms with van der Waals surface area (Å²) in [5.74, 6) is -0.449. The number of anilines is 1. The van der Waals surface area contributed by atoms with Crippen LogP contribution in [0.2, 0.25) is 0 Å². The number of aryl methyl sites for hydroxylation is 1. The molecule has 0 radical (unpaired) electrons. The number of carbonyl (C=O) groups excluding carboxylic acids is 1. The quantitative estimate of drug-likeness (QED) is 0.501. The number of hydrogen-bond donors (Lipinski definition) is 0. The van der Waals surface area contributed by atoms with Crippen molar-refractivity contribution in [2.75, 3.05) is 31.1 Å². The highest BCUT2D eigenvalue weighted by molar-refractivity contribution is 5.98. The number of aromatic nitrogens is 1. The van der Waals surface area contributed by atoms with E-state index in [4.69, 9.17) is 0 Å². The molecule has 0 N–H and O–H groups in total. The van der Waals surface area contributed by atoms with Crippen LogP contribution >= 0.6 is 0 Å². The van der Waals surface area contributed by atoms with Crippen LogP contribution in [0.5, 0.6) is 0 Å². The molecular formula is C21H19FN4O3. The Bertz CT molecular complexity index is 1090. The second kappa shape index (κ2) is 7.46. The largest absolute Gasteiger partial charge is 0.368 e. The molecular weight excluding hydrogens is 375 g/mol. The Labute approximate surface area is 166 Å². The highest BCUT2D eigenvalue weighted by atomic mass is 19.1. The number of piperazine rings is 1. The van der Waals surface area contributed by atoms with Gasteiger partial charge in [-0.15, -0.1) is 0 Å². The Kier molecular flexibility index (Phi) is 4.84. The SMILES string of the molecule is Cc1nc2cc(F)ccc2cc1C(=O)N1CCN(c2ccc([N+](=O)[O-])cc2)CC1. The van der Waals surface area contributed by atoms with Crippen molar-refractivity contribution < 1.29 is 14.1 Å². The van der Waals surface area contributed by atoms with Gasteiger partial charge in [0.15, 0.2) is 0 Å². The molecule has 3 aromatic rings. The van der Waals surface area contributed by atoms with E-state index in [1.165, 1.54) is 24.3 Å². The van der Waals surface area contributed by atoms with Crippen LogP contribution < -0.4 is 4.90 Å².